The maximum Gasteiger partial charge on any atom is 0.225 e. The number of likely N-dealkylation sites (tertiary alicyclic amines) is 1. The minimum atomic E-state index is -0.172. The van der Waals surface area contributed by atoms with Crippen molar-refractivity contribution in [3.05, 3.63) is 30.1 Å². The maximum absolute atomic E-state index is 9.80. The third-order valence-corrected chi connectivity index (χ3v) is 6.94. The molecular weight excluding hydrogens is 410 g/mol. The first kappa shape index (κ1) is 20.5. The fourth-order valence-corrected chi connectivity index (χ4v) is 5.20. The lowest BCUT2D eigenvalue weighted by molar-refractivity contribution is 0.126. The molecule has 1 aliphatic heterocycles. The molecule has 2 fully saturated rings. The van der Waals surface area contributed by atoms with Crippen LogP contribution in [0, 0.1) is 0 Å². The first-order chi connectivity index (χ1) is 15.2. The maximum atomic E-state index is 9.80. The fourth-order valence-electron chi connectivity index (χ4n) is 4.39. The molecule has 0 spiro atoms. The second-order valence-electron chi connectivity index (χ2n) is 8.53. The summed E-state index contributed by atoms with van der Waals surface area (Å²) < 4.78 is 0. The highest BCUT2D eigenvalue weighted by Gasteiger charge is 2.21. The first-order valence-electron chi connectivity index (χ1n) is 11.2. The van der Waals surface area contributed by atoms with Crippen LogP contribution in [0.25, 0.3) is 10.3 Å². The number of aromatic nitrogens is 4. The zero-order valence-corrected chi connectivity index (χ0v) is 18.4. The quantitative estimate of drug-likeness (QED) is 0.531. The van der Waals surface area contributed by atoms with E-state index in [0.29, 0.717) is 12.0 Å². The Morgan fingerprint density at radius 3 is 2.71 bits per heavy atom. The summed E-state index contributed by atoms with van der Waals surface area (Å²) in [6.07, 6.45) is 8.97. The Morgan fingerprint density at radius 1 is 1.06 bits per heavy atom. The number of anilines is 3. The Morgan fingerprint density at radius 2 is 1.90 bits per heavy atom. The van der Waals surface area contributed by atoms with E-state index in [1.165, 1.54) is 30.6 Å². The molecule has 1 aliphatic carbocycles. The minimum Gasteiger partial charge on any atom is -0.393 e. The van der Waals surface area contributed by atoms with Crippen LogP contribution in [0.5, 0.6) is 0 Å². The van der Waals surface area contributed by atoms with Crippen LogP contribution in [0.2, 0.25) is 0 Å². The first-order valence-corrected chi connectivity index (χ1v) is 12.1. The zero-order chi connectivity index (χ0) is 21.0. The molecule has 9 heteroatoms. The molecule has 0 radical (unpaired) electrons. The van der Waals surface area contributed by atoms with Gasteiger partial charge >= 0.3 is 0 Å². The second kappa shape index (κ2) is 9.42. The van der Waals surface area contributed by atoms with E-state index in [-0.39, 0.29) is 6.10 Å². The standard InChI is InChI=1S/C22H29N7OS/c30-17-8-6-15(7-9-17)24-21-25-16(14-29-11-2-1-3-12-29)13-19(27-21)28-22-26-18-5-4-10-23-20(18)31-22/h4-5,10,13,15,17,30H,1-3,6-9,11-12,14H2,(H2,24,25,26,27,28)/t15-,17-. The van der Waals surface area contributed by atoms with E-state index < -0.39 is 0 Å². The van der Waals surface area contributed by atoms with Gasteiger partial charge in [-0.05, 0) is 63.7 Å². The van der Waals surface area contributed by atoms with Crippen molar-refractivity contribution in [1.82, 2.24) is 24.8 Å². The molecule has 3 aromatic heterocycles. The van der Waals surface area contributed by atoms with E-state index in [0.717, 1.165) is 72.3 Å². The van der Waals surface area contributed by atoms with Crippen molar-refractivity contribution in [2.75, 3.05) is 23.7 Å². The summed E-state index contributed by atoms with van der Waals surface area (Å²) in [4.78, 5) is 22.0. The van der Waals surface area contributed by atoms with Crippen molar-refractivity contribution in [2.45, 2.75) is 63.6 Å². The smallest absolute Gasteiger partial charge is 0.225 e. The van der Waals surface area contributed by atoms with Crippen LogP contribution in [0.4, 0.5) is 16.9 Å². The number of thiazole rings is 1. The Kier molecular flexibility index (Phi) is 6.24. The van der Waals surface area contributed by atoms with Gasteiger partial charge in [0, 0.05) is 24.8 Å². The van der Waals surface area contributed by atoms with Crippen LogP contribution in [-0.4, -0.2) is 55.2 Å². The van der Waals surface area contributed by atoms with Crippen LogP contribution in [-0.2, 0) is 6.54 Å². The van der Waals surface area contributed by atoms with Gasteiger partial charge in [-0.25, -0.2) is 15.0 Å². The molecule has 1 saturated heterocycles. The zero-order valence-electron chi connectivity index (χ0n) is 17.6. The monoisotopic (exact) mass is 439 g/mol. The van der Waals surface area contributed by atoms with Gasteiger partial charge in [-0.2, -0.15) is 4.98 Å². The molecular formula is C22H29N7OS. The average molecular weight is 440 g/mol. The number of nitrogens with zero attached hydrogens (tertiary/aromatic N) is 5. The van der Waals surface area contributed by atoms with Crippen molar-refractivity contribution in [2.24, 2.45) is 0 Å². The molecule has 0 unspecified atom stereocenters. The van der Waals surface area contributed by atoms with Crippen LogP contribution in [0.3, 0.4) is 0 Å². The van der Waals surface area contributed by atoms with E-state index in [2.05, 4.69) is 25.5 Å². The van der Waals surface area contributed by atoms with Gasteiger partial charge < -0.3 is 15.7 Å². The molecule has 8 nitrogen and oxygen atoms in total. The topological polar surface area (TPSA) is 99.1 Å². The summed E-state index contributed by atoms with van der Waals surface area (Å²) in [5.41, 5.74) is 1.90. The van der Waals surface area contributed by atoms with Gasteiger partial charge in [0.05, 0.1) is 11.8 Å². The van der Waals surface area contributed by atoms with Crippen LogP contribution in [0.15, 0.2) is 24.4 Å². The molecule has 3 N–H and O–H groups in total. The normalized spacial score (nSPS) is 22.5. The SMILES string of the molecule is O[C@H]1CC[C@H](Nc2nc(CN3CCCCC3)cc(Nc3nc4cccnc4s3)n2)CC1. The molecule has 0 bridgehead atoms. The summed E-state index contributed by atoms with van der Waals surface area (Å²) in [5.74, 6) is 1.40. The van der Waals surface area contributed by atoms with Gasteiger partial charge in [0.25, 0.3) is 0 Å². The van der Waals surface area contributed by atoms with Gasteiger partial charge in [-0.1, -0.05) is 17.8 Å². The molecule has 164 valence electrons. The number of pyridine rings is 1. The lowest BCUT2D eigenvalue weighted by atomic mass is 9.93. The Bertz CT molecular complexity index is 979. The number of fused-ring (bicyclic) bond motifs is 1. The van der Waals surface area contributed by atoms with E-state index in [1.807, 2.05) is 18.2 Å². The molecule has 5 rings (SSSR count). The summed E-state index contributed by atoms with van der Waals surface area (Å²) in [7, 11) is 0. The minimum absolute atomic E-state index is 0.172. The number of piperidine rings is 1. The van der Waals surface area contributed by atoms with Gasteiger partial charge in [-0.3, -0.25) is 4.90 Å². The highest BCUT2D eigenvalue weighted by molar-refractivity contribution is 7.21. The Hall–Kier alpha value is -2.36. The van der Waals surface area contributed by atoms with Crippen molar-refractivity contribution in [1.29, 1.82) is 0 Å². The van der Waals surface area contributed by atoms with E-state index in [1.54, 1.807) is 6.20 Å². The second-order valence-corrected chi connectivity index (χ2v) is 9.50. The number of nitrogens with one attached hydrogen (secondary N) is 2. The lowest BCUT2D eigenvalue weighted by Crippen LogP contribution is -2.30. The number of hydrogen-bond donors (Lipinski definition) is 3. The molecule has 1 saturated carbocycles. The molecule has 2 aliphatic rings. The van der Waals surface area contributed by atoms with Crippen LogP contribution >= 0.6 is 11.3 Å². The van der Waals surface area contributed by atoms with Gasteiger partial charge in [0.2, 0.25) is 5.95 Å². The molecule has 4 heterocycles. The van der Waals surface area contributed by atoms with Gasteiger partial charge in [-0.15, -0.1) is 0 Å². The number of aliphatic hydroxyl groups excluding tert-OH is 1. The van der Waals surface area contributed by atoms with Gasteiger partial charge in [0.15, 0.2) is 5.13 Å². The van der Waals surface area contributed by atoms with Crippen LogP contribution < -0.4 is 10.6 Å². The van der Waals surface area contributed by atoms with Crippen LogP contribution in [0.1, 0.15) is 50.6 Å². The Balaban J connectivity index is 1.37. The van der Waals surface area contributed by atoms with E-state index in [4.69, 9.17) is 9.97 Å². The Labute approximate surface area is 186 Å². The van der Waals surface area contributed by atoms with E-state index >= 15 is 0 Å². The van der Waals surface area contributed by atoms with Crippen molar-refractivity contribution < 1.29 is 5.11 Å². The van der Waals surface area contributed by atoms with Crippen molar-refractivity contribution in [3.8, 4) is 0 Å². The molecule has 0 amide bonds. The largest absolute Gasteiger partial charge is 0.393 e. The lowest BCUT2D eigenvalue weighted by Gasteiger charge is -2.27. The molecule has 0 atom stereocenters. The highest BCUT2D eigenvalue weighted by Crippen LogP contribution is 2.27. The molecule has 31 heavy (non-hydrogen) atoms. The van der Waals surface area contributed by atoms with E-state index in [9.17, 15) is 5.11 Å². The fraction of sp³-hybridized carbons (Fsp3) is 0.545. The third kappa shape index (κ3) is 5.28. The molecule has 3 aromatic rings. The summed E-state index contributed by atoms with van der Waals surface area (Å²) in [5, 5.41) is 17.5. The van der Waals surface area contributed by atoms with Crippen molar-refractivity contribution in [3.63, 3.8) is 0 Å². The summed E-state index contributed by atoms with van der Waals surface area (Å²) in [6, 6.07) is 6.20. The third-order valence-electron chi connectivity index (χ3n) is 6.04. The number of aliphatic hydroxyl groups is 1. The highest BCUT2D eigenvalue weighted by atomic mass is 32.1. The summed E-state index contributed by atoms with van der Waals surface area (Å²) >= 11 is 1.52. The summed E-state index contributed by atoms with van der Waals surface area (Å²) in [6.45, 7) is 3.08. The average Bonchev–Trinajstić information content (AvgIpc) is 3.18. The predicted octanol–water partition coefficient (Wildman–Crippen LogP) is 3.93. The number of rotatable bonds is 6. The number of hydrogen-bond acceptors (Lipinski definition) is 9. The molecule has 0 aromatic carbocycles. The van der Waals surface area contributed by atoms with Gasteiger partial charge in [0.1, 0.15) is 16.2 Å². The van der Waals surface area contributed by atoms with Crippen molar-refractivity contribution >= 4 is 38.6 Å². The predicted molar refractivity (Wildman–Crippen MR) is 124 cm³/mol.